The average molecular weight is 274 g/mol. The van der Waals surface area contributed by atoms with E-state index in [0.717, 1.165) is 12.1 Å². The van der Waals surface area contributed by atoms with Gasteiger partial charge in [-0.05, 0) is 57.4 Å². The standard InChI is InChI=1S/C17H26N2O/c1-12(13-6-8-17(20)9-7-13)18-14-10-15-4-3-5-16(11-14)19(15)2/h6-9,12,14-16,18,20H,3-5,10-11H2,1-2H3. The predicted octanol–water partition coefficient (Wildman–Crippen LogP) is 3.06. The summed E-state index contributed by atoms with van der Waals surface area (Å²) in [4.78, 5) is 2.60. The van der Waals surface area contributed by atoms with Crippen LogP contribution in [0.25, 0.3) is 0 Å². The summed E-state index contributed by atoms with van der Waals surface area (Å²) in [5, 5.41) is 13.2. The smallest absolute Gasteiger partial charge is 0.115 e. The van der Waals surface area contributed by atoms with E-state index in [0.29, 0.717) is 17.8 Å². The zero-order valence-corrected chi connectivity index (χ0v) is 12.5. The monoisotopic (exact) mass is 274 g/mol. The van der Waals surface area contributed by atoms with Crippen molar-refractivity contribution in [1.82, 2.24) is 10.2 Å². The van der Waals surface area contributed by atoms with Gasteiger partial charge in [0, 0.05) is 24.2 Å². The molecule has 0 saturated carbocycles. The Hall–Kier alpha value is -1.06. The molecule has 2 fully saturated rings. The topological polar surface area (TPSA) is 35.5 Å². The van der Waals surface area contributed by atoms with Crippen molar-refractivity contribution in [2.24, 2.45) is 0 Å². The average Bonchev–Trinajstić information content (AvgIpc) is 2.40. The van der Waals surface area contributed by atoms with E-state index in [4.69, 9.17) is 0 Å². The first-order valence-electron chi connectivity index (χ1n) is 7.90. The molecule has 3 unspecified atom stereocenters. The lowest BCUT2D eigenvalue weighted by atomic mass is 9.82. The SMILES string of the molecule is CC(NC1CC2CCCC(C1)N2C)c1ccc(O)cc1. The largest absolute Gasteiger partial charge is 0.508 e. The summed E-state index contributed by atoms with van der Waals surface area (Å²) in [6, 6.07) is 10.1. The van der Waals surface area contributed by atoms with Crippen LogP contribution in [0, 0.1) is 0 Å². The van der Waals surface area contributed by atoms with E-state index in [9.17, 15) is 5.11 Å². The van der Waals surface area contributed by atoms with Crippen LogP contribution in [0.1, 0.15) is 50.6 Å². The van der Waals surface area contributed by atoms with Crippen LogP contribution in [0.4, 0.5) is 0 Å². The Balaban J connectivity index is 1.62. The predicted molar refractivity (Wildman–Crippen MR) is 81.9 cm³/mol. The zero-order chi connectivity index (χ0) is 14.1. The van der Waals surface area contributed by atoms with Gasteiger partial charge < -0.3 is 15.3 Å². The van der Waals surface area contributed by atoms with Crippen LogP contribution in [0.5, 0.6) is 5.75 Å². The van der Waals surface area contributed by atoms with Gasteiger partial charge in [-0.15, -0.1) is 0 Å². The number of hydrogen-bond acceptors (Lipinski definition) is 3. The van der Waals surface area contributed by atoms with Gasteiger partial charge in [-0.25, -0.2) is 0 Å². The lowest BCUT2D eigenvalue weighted by molar-refractivity contribution is 0.0463. The fraction of sp³-hybridized carbons (Fsp3) is 0.647. The van der Waals surface area contributed by atoms with E-state index in [1.807, 2.05) is 12.1 Å². The minimum absolute atomic E-state index is 0.342. The van der Waals surface area contributed by atoms with Gasteiger partial charge in [0.1, 0.15) is 5.75 Å². The summed E-state index contributed by atoms with van der Waals surface area (Å²) in [5.41, 5.74) is 1.26. The molecule has 2 saturated heterocycles. The second-order valence-electron chi connectivity index (χ2n) is 6.55. The highest BCUT2D eigenvalue weighted by molar-refractivity contribution is 5.27. The molecule has 2 N–H and O–H groups in total. The highest BCUT2D eigenvalue weighted by Gasteiger charge is 2.36. The first kappa shape index (κ1) is 13.9. The van der Waals surface area contributed by atoms with Gasteiger partial charge in [0.05, 0.1) is 0 Å². The molecule has 1 aromatic rings. The van der Waals surface area contributed by atoms with Gasteiger partial charge in [0.2, 0.25) is 0 Å². The normalized spacial score (nSPS) is 32.0. The number of aromatic hydroxyl groups is 1. The summed E-state index contributed by atoms with van der Waals surface area (Å²) in [6.45, 7) is 2.22. The molecule has 2 aliphatic rings. The molecule has 3 heteroatoms. The summed E-state index contributed by atoms with van der Waals surface area (Å²) >= 11 is 0. The molecule has 0 aromatic heterocycles. The van der Waals surface area contributed by atoms with Crippen LogP contribution in [0.3, 0.4) is 0 Å². The second kappa shape index (κ2) is 5.74. The number of benzene rings is 1. The van der Waals surface area contributed by atoms with E-state index in [2.05, 4.69) is 24.2 Å². The van der Waals surface area contributed by atoms with Crippen LogP contribution < -0.4 is 5.32 Å². The van der Waals surface area contributed by atoms with E-state index in [1.165, 1.54) is 37.7 Å². The third-order valence-electron chi connectivity index (χ3n) is 5.22. The van der Waals surface area contributed by atoms with Gasteiger partial charge >= 0.3 is 0 Å². The Bertz CT molecular complexity index is 431. The molecule has 1 aromatic carbocycles. The maximum absolute atomic E-state index is 9.37. The minimum Gasteiger partial charge on any atom is -0.508 e. The second-order valence-corrected chi connectivity index (χ2v) is 6.55. The molecule has 2 heterocycles. The third-order valence-corrected chi connectivity index (χ3v) is 5.22. The highest BCUT2D eigenvalue weighted by Crippen LogP contribution is 2.33. The van der Waals surface area contributed by atoms with E-state index < -0.39 is 0 Å². The molecule has 110 valence electrons. The summed E-state index contributed by atoms with van der Waals surface area (Å²) < 4.78 is 0. The number of nitrogens with zero attached hydrogens (tertiary/aromatic N) is 1. The number of phenolic OH excluding ortho intramolecular Hbond substituents is 1. The molecular formula is C17H26N2O. The number of phenols is 1. The van der Waals surface area contributed by atoms with E-state index in [1.54, 1.807) is 12.1 Å². The molecule has 3 atom stereocenters. The Labute approximate surface area is 122 Å². The van der Waals surface area contributed by atoms with Crippen molar-refractivity contribution in [3.8, 4) is 5.75 Å². The van der Waals surface area contributed by atoms with Crippen molar-refractivity contribution in [3.05, 3.63) is 29.8 Å². The van der Waals surface area contributed by atoms with Gasteiger partial charge in [-0.3, -0.25) is 0 Å². The quantitative estimate of drug-likeness (QED) is 0.889. The van der Waals surface area contributed by atoms with Crippen molar-refractivity contribution in [2.45, 2.75) is 63.2 Å². The van der Waals surface area contributed by atoms with Gasteiger partial charge in [0.15, 0.2) is 0 Å². The van der Waals surface area contributed by atoms with Gasteiger partial charge in [-0.2, -0.15) is 0 Å². The Morgan fingerprint density at radius 3 is 2.35 bits per heavy atom. The molecule has 0 radical (unpaired) electrons. The van der Waals surface area contributed by atoms with Crippen molar-refractivity contribution in [1.29, 1.82) is 0 Å². The first-order valence-corrected chi connectivity index (χ1v) is 7.90. The van der Waals surface area contributed by atoms with Crippen molar-refractivity contribution in [3.63, 3.8) is 0 Å². The van der Waals surface area contributed by atoms with Gasteiger partial charge in [0.25, 0.3) is 0 Å². The van der Waals surface area contributed by atoms with E-state index >= 15 is 0 Å². The lowest BCUT2D eigenvalue weighted by Gasteiger charge is -2.47. The third kappa shape index (κ3) is 2.84. The maximum atomic E-state index is 9.37. The van der Waals surface area contributed by atoms with Gasteiger partial charge in [-0.1, -0.05) is 18.6 Å². The Morgan fingerprint density at radius 2 is 1.75 bits per heavy atom. The van der Waals surface area contributed by atoms with Crippen molar-refractivity contribution >= 4 is 0 Å². The number of rotatable bonds is 3. The first-order chi connectivity index (χ1) is 9.63. The fourth-order valence-electron chi connectivity index (χ4n) is 3.96. The van der Waals surface area contributed by atoms with Crippen molar-refractivity contribution < 1.29 is 5.11 Å². The summed E-state index contributed by atoms with van der Waals surface area (Å²) in [5.74, 6) is 0.342. The number of fused-ring (bicyclic) bond motifs is 2. The van der Waals surface area contributed by atoms with Crippen LogP contribution in [0.2, 0.25) is 0 Å². The Kier molecular flexibility index (Phi) is 3.99. The zero-order valence-electron chi connectivity index (χ0n) is 12.5. The van der Waals surface area contributed by atoms with Crippen LogP contribution in [-0.2, 0) is 0 Å². The van der Waals surface area contributed by atoms with Crippen LogP contribution in [0.15, 0.2) is 24.3 Å². The van der Waals surface area contributed by atoms with Crippen molar-refractivity contribution in [2.75, 3.05) is 7.05 Å². The lowest BCUT2D eigenvalue weighted by Crippen LogP contribution is -2.54. The molecule has 3 rings (SSSR count). The molecule has 2 bridgehead atoms. The summed E-state index contributed by atoms with van der Waals surface area (Å²) in [7, 11) is 2.30. The molecule has 0 spiro atoms. The molecule has 0 amide bonds. The minimum atomic E-state index is 0.342. The molecule has 3 nitrogen and oxygen atoms in total. The van der Waals surface area contributed by atoms with Crippen LogP contribution in [-0.4, -0.2) is 35.2 Å². The summed E-state index contributed by atoms with van der Waals surface area (Å²) in [6.07, 6.45) is 6.67. The number of nitrogens with one attached hydrogen (secondary N) is 1. The van der Waals surface area contributed by atoms with Crippen LogP contribution >= 0.6 is 0 Å². The fourth-order valence-corrected chi connectivity index (χ4v) is 3.96. The number of hydrogen-bond donors (Lipinski definition) is 2. The molecule has 2 aliphatic heterocycles. The molecule has 0 aliphatic carbocycles. The highest BCUT2D eigenvalue weighted by atomic mass is 16.3. The molecule has 20 heavy (non-hydrogen) atoms. The Morgan fingerprint density at radius 1 is 1.15 bits per heavy atom. The van der Waals surface area contributed by atoms with E-state index in [-0.39, 0.29) is 0 Å². The maximum Gasteiger partial charge on any atom is 0.115 e. The number of piperidine rings is 2. The molecular weight excluding hydrogens is 248 g/mol.